The summed E-state index contributed by atoms with van der Waals surface area (Å²) in [6, 6.07) is 14.1. The van der Waals surface area contributed by atoms with E-state index in [1.54, 1.807) is 48.8 Å². The zero-order valence-electron chi connectivity index (χ0n) is 23.1. The molecule has 0 fully saturated rings. The largest absolute Gasteiger partial charge is 0.491 e. The molecule has 3 aromatic rings. The van der Waals surface area contributed by atoms with E-state index in [4.69, 9.17) is 9.47 Å². The number of nitrogens with zero attached hydrogens (tertiary/aromatic N) is 2. The zero-order chi connectivity index (χ0) is 27.9. The molecule has 1 aromatic heterocycles. The number of esters is 1. The summed E-state index contributed by atoms with van der Waals surface area (Å²) in [6.07, 6.45) is 9.61. The summed E-state index contributed by atoms with van der Waals surface area (Å²) in [5, 5.41) is 0. The average Bonchev–Trinajstić information content (AvgIpc) is 2.97. The van der Waals surface area contributed by atoms with Crippen molar-refractivity contribution in [1.29, 1.82) is 0 Å². The minimum Gasteiger partial charge on any atom is -0.491 e. The first kappa shape index (κ1) is 30.2. The van der Waals surface area contributed by atoms with Gasteiger partial charge in [-0.15, -0.1) is 0 Å². The van der Waals surface area contributed by atoms with Gasteiger partial charge in [-0.25, -0.2) is 23.5 Å². The monoisotopic (exact) mass is 538 g/mol. The Morgan fingerprint density at radius 1 is 0.718 bits per heavy atom. The highest BCUT2D eigenvalue weighted by Gasteiger charge is 2.19. The van der Waals surface area contributed by atoms with Gasteiger partial charge in [0.15, 0.2) is 12.0 Å². The molecule has 0 unspecified atom stereocenters. The second-order valence-electron chi connectivity index (χ2n) is 9.84. The minimum absolute atomic E-state index is 0.0517. The molecule has 0 aliphatic rings. The molecular weight excluding hydrogens is 498 g/mol. The Morgan fingerprint density at radius 2 is 1.31 bits per heavy atom. The van der Waals surface area contributed by atoms with Crippen LogP contribution in [0.5, 0.6) is 11.5 Å². The van der Waals surface area contributed by atoms with Crippen LogP contribution in [0.4, 0.5) is 8.78 Å². The van der Waals surface area contributed by atoms with Gasteiger partial charge < -0.3 is 9.47 Å². The molecule has 0 bridgehead atoms. The molecule has 0 amide bonds. The van der Waals surface area contributed by atoms with Crippen LogP contribution in [0, 0.1) is 0 Å². The van der Waals surface area contributed by atoms with Crippen LogP contribution >= 0.6 is 0 Å². The molecule has 0 aliphatic heterocycles. The molecule has 3 rings (SSSR count). The van der Waals surface area contributed by atoms with Gasteiger partial charge in [0.05, 0.1) is 0 Å². The Kier molecular flexibility index (Phi) is 12.8. The maximum Gasteiger partial charge on any atom is 0.346 e. The first-order valence-corrected chi connectivity index (χ1v) is 14.2. The quantitative estimate of drug-likeness (QED) is 0.0977. The molecular formula is C32H40F2N2O3. The van der Waals surface area contributed by atoms with Gasteiger partial charge in [0.2, 0.25) is 0 Å². The maximum absolute atomic E-state index is 14.2. The van der Waals surface area contributed by atoms with E-state index in [2.05, 4.69) is 16.9 Å². The van der Waals surface area contributed by atoms with E-state index < -0.39 is 18.3 Å². The molecule has 1 heterocycles. The number of halogens is 2. The standard InChI is InChI=1S/C32H40F2N2O3/c1-3-5-7-8-9-10-12-30(34)32(37)39-29-19-13-24(14-20-29)26-21-35-31(36-22-26)25-15-17-28(18-16-25)38-23-27(33)11-6-4-2/h13-22,27,30H,3-12,23H2,1-2H3/t27-,30+/m1/s1. The van der Waals surface area contributed by atoms with Crippen molar-refractivity contribution in [2.45, 2.75) is 90.4 Å². The Hall–Kier alpha value is -3.35. The molecule has 0 N–H and O–H groups in total. The van der Waals surface area contributed by atoms with Crippen molar-refractivity contribution in [3.8, 4) is 34.0 Å². The number of rotatable bonds is 17. The van der Waals surface area contributed by atoms with Crippen LogP contribution in [-0.2, 0) is 4.79 Å². The molecule has 0 radical (unpaired) electrons. The van der Waals surface area contributed by atoms with Gasteiger partial charge in [0.1, 0.15) is 24.3 Å². The van der Waals surface area contributed by atoms with E-state index in [1.807, 2.05) is 19.1 Å². The van der Waals surface area contributed by atoms with Crippen molar-refractivity contribution in [3.63, 3.8) is 0 Å². The number of hydrogen-bond acceptors (Lipinski definition) is 5. The summed E-state index contributed by atoms with van der Waals surface area (Å²) >= 11 is 0. The molecule has 2 aromatic carbocycles. The first-order valence-electron chi connectivity index (χ1n) is 14.2. The number of benzene rings is 2. The normalized spacial score (nSPS) is 12.6. The lowest BCUT2D eigenvalue weighted by molar-refractivity contribution is -0.140. The highest BCUT2D eigenvalue weighted by atomic mass is 19.1. The van der Waals surface area contributed by atoms with Crippen molar-refractivity contribution >= 4 is 5.97 Å². The van der Waals surface area contributed by atoms with Gasteiger partial charge in [-0.3, -0.25) is 0 Å². The molecule has 7 heteroatoms. The van der Waals surface area contributed by atoms with E-state index in [0.717, 1.165) is 48.8 Å². The molecule has 0 saturated heterocycles. The van der Waals surface area contributed by atoms with Crippen molar-refractivity contribution in [1.82, 2.24) is 9.97 Å². The number of carbonyl (C=O) groups is 1. The zero-order valence-corrected chi connectivity index (χ0v) is 23.1. The number of aromatic nitrogens is 2. The smallest absolute Gasteiger partial charge is 0.346 e. The Balaban J connectivity index is 1.48. The molecule has 5 nitrogen and oxygen atoms in total. The van der Waals surface area contributed by atoms with Crippen LogP contribution in [0.1, 0.15) is 78.1 Å². The number of unbranched alkanes of at least 4 members (excludes halogenated alkanes) is 6. The second kappa shape index (κ2) is 16.6. The summed E-state index contributed by atoms with van der Waals surface area (Å²) in [5.74, 6) is 0.623. The lowest BCUT2D eigenvalue weighted by Crippen LogP contribution is -2.21. The van der Waals surface area contributed by atoms with Crippen LogP contribution < -0.4 is 9.47 Å². The van der Waals surface area contributed by atoms with Gasteiger partial charge in [-0.2, -0.15) is 0 Å². The lowest BCUT2D eigenvalue weighted by Gasteiger charge is -2.10. The van der Waals surface area contributed by atoms with Crippen LogP contribution in [0.15, 0.2) is 60.9 Å². The first-order chi connectivity index (χ1) is 19.0. The third-order valence-corrected chi connectivity index (χ3v) is 6.54. The lowest BCUT2D eigenvalue weighted by atomic mass is 10.1. The highest BCUT2D eigenvalue weighted by molar-refractivity contribution is 5.77. The number of ether oxygens (including phenoxy) is 2. The Labute approximate surface area is 231 Å². The third kappa shape index (κ3) is 10.4. The van der Waals surface area contributed by atoms with Gasteiger partial charge >= 0.3 is 5.97 Å². The van der Waals surface area contributed by atoms with E-state index in [1.165, 1.54) is 12.8 Å². The van der Waals surface area contributed by atoms with Gasteiger partial charge in [0, 0.05) is 23.5 Å². The fourth-order valence-corrected chi connectivity index (χ4v) is 4.14. The van der Waals surface area contributed by atoms with Crippen molar-refractivity contribution < 1.29 is 23.0 Å². The fraction of sp³-hybridized carbons (Fsp3) is 0.469. The third-order valence-electron chi connectivity index (χ3n) is 6.54. The van der Waals surface area contributed by atoms with Crippen LogP contribution in [0.3, 0.4) is 0 Å². The van der Waals surface area contributed by atoms with Gasteiger partial charge in [0.25, 0.3) is 0 Å². The van der Waals surface area contributed by atoms with E-state index >= 15 is 0 Å². The molecule has 0 aliphatic carbocycles. The summed E-state index contributed by atoms with van der Waals surface area (Å²) < 4.78 is 38.8. The van der Waals surface area contributed by atoms with Gasteiger partial charge in [-0.05, 0) is 61.2 Å². The fourth-order valence-electron chi connectivity index (χ4n) is 4.14. The summed E-state index contributed by atoms with van der Waals surface area (Å²) in [6.45, 7) is 4.25. The predicted octanol–water partition coefficient (Wildman–Crippen LogP) is 8.71. The number of hydrogen-bond donors (Lipinski definition) is 0. The average molecular weight is 539 g/mol. The summed E-state index contributed by atoms with van der Waals surface area (Å²) in [5.41, 5.74) is 2.46. The van der Waals surface area contributed by atoms with Crippen molar-refractivity contribution in [2.24, 2.45) is 0 Å². The van der Waals surface area contributed by atoms with E-state index in [-0.39, 0.29) is 13.0 Å². The van der Waals surface area contributed by atoms with Crippen molar-refractivity contribution in [2.75, 3.05) is 6.61 Å². The van der Waals surface area contributed by atoms with Crippen molar-refractivity contribution in [3.05, 3.63) is 60.9 Å². The SMILES string of the molecule is CCCCCCCC[C@H](F)C(=O)Oc1ccc(-c2cnc(-c3ccc(OC[C@H](F)CCCC)cc3)nc2)cc1. The van der Waals surface area contributed by atoms with Crippen LogP contribution in [0.25, 0.3) is 22.5 Å². The molecule has 0 spiro atoms. The molecule has 39 heavy (non-hydrogen) atoms. The van der Waals surface area contributed by atoms with E-state index in [9.17, 15) is 13.6 Å². The Bertz CT molecular complexity index is 1110. The Morgan fingerprint density at radius 3 is 1.97 bits per heavy atom. The minimum atomic E-state index is -1.61. The molecule has 210 valence electrons. The van der Waals surface area contributed by atoms with Crippen LogP contribution in [0.2, 0.25) is 0 Å². The second-order valence-corrected chi connectivity index (χ2v) is 9.84. The predicted molar refractivity (Wildman–Crippen MR) is 151 cm³/mol. The summed E-state index contributed by atoms with van der Waals surface area (Å²) in [4.78, 5) is 21.0. The number of alkyl halides is 2. The van der Waals surface area contributed by atoms with Crippen LogP contribution in [-0.4, -0.2) is 34.9 Å². The highest BCUT2D eigenvalue weighted by Crippen LogP contribution is 2.25. The van der Waals surface area contributed by atoms with E-state index in [0.29, 0.717) is 30.2 Å². The summed E-state index contributed by atoms with van der Waals surface area (Å²) in [7, 11) is 0. The number of carbonyl (C=O) groups excluding carboxylic acids is 1. The maximum atomic E-state index is 14.2. The molecule has 0 saturated carbocycles. The molecule has 2 atom stereocenters. The topological polar surface area (TPSA) is 61.3 Å². The van der Waals surface area contributed by atoms with Gasteiger partial charge in [-0.1, -0.05) is 70.9 Å².